The summed E-state index contributed by atoms with van der Waals surface area (Å²) >= 11 is 0. The summed E-state index contributed by atoms with van der Waals surface area (Å²) in [4.78, 5) is 4.72. The lowest BCUT2D eigenvalue weighted by molar-refractivity contribution is -0.660. The van der Waals surface area contributed by atoms with Gasteiger partial charge in [0.05, 0.1) is 11.1 Å². The number of fused-ring (bicyclic) bond motifs is 4. The molecule has 3 aromatic heterocycles. The smallest absolute Gasteiger partial charge is 0.227 e. The van der Waals surface area contributed by atoms with Gasteiger partial charge in [-0.25, -0.2) is 9.55 Å². The molecule has 0 radical (unpaired) electrons. The summed E-state index contributed by atoms with van der Waals surface area (Å²) in [5.74, 6) is 0. The summed E-state index contributed by atoms with van der Waals surface area (Å²) in [6, 6.07) is 16.2. The molecule has 3 heteroatoms. The summed E-state index contributed by atoms with van der Waals surface area (Å²) in [6.07, 6.45) is 1.70. The molecule has 2 aromatic carbocycles. The van der Waals surface area contributed by atoms with Crippen molar-refractivity contribution >= 4 is 33.0 Å². The molecule has 0 aliphatic carbocycles. The number of rotatable bonds is 1. The van der Waals surface area contributed by atoms with E-state index in [1.54, 1.807) is 6.20 Å². The van der Waals surface area contributed by atoms with Crippen LogP contribution in [0.2, 0.25) is 0 Å². The highest BCUT2D eigenvalue weighted by Gasteiger charge is 2.22. The summed E-state index contributed by atoms with van der Waals surface area (Å²) < 4.78 is 31.5. The molecule has 27 heavy (non-hydrogen) atoms. The zero-order valence-corrected chi connectivity index (χ0v) is 15.5. The molecule has 3 heterocycles. The monoisotopic (exact) mass is 356 g/mol. The van der Waals surface area contributed by atoms with Crippen LogP contribution in [-0.4, -0.2) is 4.98 Å². The number of para-hydroxylation sites is 1. The highest BCUT2D eigenvalue weighted by atomic mass is 16.3. The van der Waals surface area contributed by atoms with Crippen molar-refractivity contribution in [2.75, 3.05) is 0 Å². The first kappa shape index (κ1) is 13.0. The lowest BCUT2D eigenvalue weighted by atomic mass is 9.99. The molecule has 0 aliphatic rings. The molecule has 0 N–H and O–H groups in total. The maximum Gasteiger partial charge on any atom is 0.227 e. The number of aromatic nitrogens is 2. The van der Waals surface area contributed by atoms with Crippen LogP contribution in [0.4, 0.5) is 0 Å². The highest BCUT2D eigenvalue weighted by molar-refractivity contribution is 6.11. The lowest BCUT2D eigenvalue weighted by Gasteiger charge is -2.07. The van der Waals surface area contributed by atoms with Gasteiger partial charge in [-0.2, -0.15) is 0 Å². The van der Waals surface area contributed by atoms with Crippen molar-refractivity contribution in [2.45, 2.75) is 20.7 Å². The van der Waals surface area contributed by atoms with Gasteiger partial charge in [-0.15, -0.1) is 0 Å². The predicted molar refractivity (Wildman–Crippen MR) is 110 cm³/mol. The van der Waals surface area contributed by atoms with E-state index in [-0.39, 0.29) is 0 Å². The van der Waals surface area contributed by atoms with E-state index in [1.807, 2.05) is 55.8 Å². The fourth-order valence-electron chi connectivity index (χ4n) is 3.78. The fraction of sp³-hybridized carbons (Fsp3) is 0.167. The van der Waals surface area contributed by atoms with Gasteiger partial charge in [0.1, 0.15) is 7.05 Å². The third-order valence-electron chi connectivity index (χ3n) is 5.28. The van der Waals surface area contributed by atoms with Gasteiger partial charge in [-0.3, -0.25) is 0 Å². The molecular weight excluding hydrogens is 332 g/mol. The van der Waals surface area contributed by atoms with Crippen molar-refractivity contribution < 1.29 is 13.1 Å². The van der Waals surface area contributed by atoms with Crippen LogP contribution in [0.15, 0.2) is 59.1 Å². The van der Waals surface area contributed by atoms with Crippen LogP contribution in [0.5, 0.6) is 0 Å². The van der Waals surface area contributed by atoms with Crippen LogP contribution < -0.4 is 4.57 Å². The van der Waals surface area contributed by atoms with Crippen LogP contribution >= 0.6 is 0 Å². The molecule has 0 fully saturated rings. The van der Waals surface area contributed by atoms with E-state index in [4.69, 9.17) is 13.5 Å². The molecule has 5 aromatic rings. The molecule has 0 unspecified atom stereocenters. The normalized spacial score (nSPS) is 13.8. The van der Waals surface area contributed by atoms with Crippen LogP contribution in [0.1, 0.15) is 20.8 Å². The largest absolute Gasteiger partial charge is 0.437 e. The van der Waals surface area contributed by atoms with E-state index in [0.29, 0.717) is 11.3 Å². The lowest BCUT2D eigenvalue weighted by Crippen LogP contribution is -2.31. The summed E-state index contributed by atoms with van der Waals surface area (Å²) in [5, 5.41) is 3.04. The Balaban J connectivity index is 1.84. The highest BCUT2D eigenvalue weighted by Crippen LogP contribution is 2.37. The van der Waals surface area contributed by atoms with Crippen molar-refractivity contribution in [1.29, 1.82) is 0 Å². The summed E-state index contributed by atoms with van der Waals surface area (Å²) in [6.45, 7) is 1.73. The average Bonchev–Trinajstić information content (AvgIpc) is 3.04. The summed E-state index contributed by atoms with van der Waals surface area (Å²) in [7, 11) is 1.87. The first-order valence-corrected chi connectivity index (χ1v) is 8.97. The number of hydrogen-bond donors (Lipinski definition) is 0. The van der Waals surface area contributed by atoms with E-state index in [0.717, 1.165) is 49.6 Å². The van der Waals surface area contributed by atoms with Gasteiger partial charge in [0.25, 0.3) is 0 Å². The van der Waals surface area contributed by atoms with Gasteiger partial charge in [0.15, 0.2) is 11.8 Å². The molecule has 0 saturated heterocycles. The Kier molecular flexibility index (Phi) is 2.73. The second-order valence-corrected chi connectivity index (χ2v) is 7.14. The Morgan fingerprint density at radius 3 is 2.67 bits per heavy atom. The minimum Gasteiger partial charge on any atom is -0.437 e. The Labute approximate surface area is 162 Å². The van der Waals surface area contributed by atoms with Crippen molar-refractivity contribution in [2.24, 2.45) is 7.05 Å². The van der Waals surface area contributed by atoms with Crippen molar-refractivity contribution in [3.05, 3.63) is 71.4 Å². The van der Waals surface area contributed by atoms with Crippen LogP contribution in [-0.2, 0) is 7.05 Å². The van der Waals surface area contributed by atoms with Crippen molar-refractivity contribution in [3.8, 4) is 11.3 Å². The average molecular weight is 356 g/mol. The number of hydrogen-bond acceptors (Lipinski definition) is 2. The number of aryl methyl sites for hydroxylation is 4. The van der Waals surface area contributed by atoms with Gasteiger partial charge >= 0.3 is 0 Å². The third-order valence-corrected chi connectivity index (χ3v) is 5.28. The first-order chi connectivity index (χ1) is 14.2. The standard InChI is InChI=1S/C24H21N2O/c1-14-9-10-18-19-12-17-7-5-6-8-20(17)25-24(19)27-23(18)22(14)21-11-15(2)16(3)13-26(21)4/h5-13H,1-4H3/q+1/i3D3. The van der Waals surface area contributed by atoms with E-state index in [2.05, 4.69) is 18.2 Å². The van der Waals surface area contributed by atoms with E-state index in [1.165, 1.54) is 0 Å². The second kappa shape index (κ2) is 5.65. The third kappa shape index (κ3) is 2.35. The maximum atomic E-state index is 7.80. The SMILES string of the molecule is [2H]C([2H])([2H])c1c[n+](C)c(-c2c(C)ccc3c2oc2nc4ccccc4cc23)cc1C. The van der Waals surface area contributed by atoms with Gasteiger partial charge < -0.3 is 4.42 Å². The van der Waals surface area contributed by atoms with E-state index >= 15 is 0 Å². The fourth-order valence-corrected chi connectivity index (χ4v) is 3.78. The Morgan fingerprint density at radius 2 is 1.81 bits per heavy atom. The zero-order valence-electron chi connectivity index (χ0n) is 18.5. The number of benzene rings is 2. The van der Waals surface area contributed by atoms with Crippen LogP contribution in [0.3, 0.4) is 0 Å². The van der Waals surface area contributed by atoms with E-state index in [9.17, 15) is 0 Å². The molecule has 0 spiro atoms. The Morgan fingerprint density at radius 1 is 0.963 bits per heavy atom. The van der Waals surface area contributed by atoms with E-state index < -0.39 is 6.85 Å². The van der Waals surface area contributed by atoms with Crippen LogP contribution in [0, 0.1) is 20.7 Å². The number of pyridine rings is 2. The van der Waals surface area contributed by atoms with Gasteiger partial charge in [-0.05, 0) is 44.0 Å². The van der Waals surface area contributed by atoms with Gasteiger partial charge in [0, 0.05) is 31.9 Å². The predicted octanol–water partition coefficient (Wildman–Crippen LogP) is 5.55. The zero-order chi connectivity index (χ0) is 21.2. The molecule has 0 bridgehead atoms. The van der Waals surface area contributed by atoms with Gasteiger partial charge in [0.2, 0.25) is 11.4 Å². The molecule has 0 amide bonds. The quantitative estimate of drug-likeness (QED) is 0.369. The molecule has 132 valence electrons. The topological polar surface area (TPSA) is 29.9 Å². The molecular formula is C24H21N2O+. The Hall–Kier alpha value is -3.20. The molecule has 0 atom stereocenters. The molecule has 0 saturated carbocycles. The summed E-state index contributed by atoms with van der Waals surface area (Å²) in [5.41, 5.74) is 6.28. The number of furan rings is 1. The Bertz CT molecular complexity index is 1470. The number of nitrogens with zero attached hydrogens (tertiary/aromatic N) is 2. The van der Waals surface area contributed by atoms with Crippen LogP contribution in [0.25, 0.3) is 44.2 Å². The minimum absolute atomic E-state index is 0.358. The molecule has 3 nitrogen and oxygen atoms in total. The minimum atomic E-state index is -2.15. The maximum absolute atomic E-state index is 7.80. The van der Waals surface area contributed by atoms with Gasteiger partial charge in [-0.1, -0.05) is 30.3 Å². The second-order valence-electron chi connectivity index (χ2n) is 7.14. The first-order valence-electron chi connectivity index (χ1n) is 10.5. The van der Waals surface area contributed by atoms with Crippen molar-refractivity contribution in [3.63, 3.8) is 0 Å². The molecule has 5 rings (SSSR count). The molecule has 0 aliphatic heterocycles. The van der Waals surface area contributed by atoms with Crippen molar-refractivity contribution in [1.82, 2.24) is 4.98 Å².